The number of carbonyl (C=O) groups is 2. The van der Waals surface area contributed by atoms with Crippen molar-refractivity contribution in [3.8, 4) is 0 Å². The predicted octanol–water partition coefficient (Wildman–Crippen LogP) is 1.14. The molecule has 2 aliphatic heterocycles. The third kappa shape index (κ3) is 3.71. The molecule has 2 aliphatic rings. The molecular weight excluding hydrogens is 318 g/mol. The highest BCUT2D eigenvalue weighted by Crippen LogP contribution is 2.22. The molecule has 0 spiro atoms. The molecule has 7 heteroatoms. The summed E-state index contributed by atoms with van der Waals surface area (Å²) in [5.74, 6) is 0.217. The van der Waals surface area contributed by atoms with Gasteiger partial charge in [-0.15, -0.1) is 0 Å². The number of piperazine rings is 1. The minimum Gasteiger partial charge on any atom is -0.349 e. The molecule has 1 fully saturated rings. The Bertz CT molecular complexity index is 632. The number of likely N-dealkylation sites (N-methyl/N-ethyl adjacent to an activating group) is 1. The minimum absolute atomic E-state index is 0.0176. The number of hydrogen-bond donors (Lipinski definition) is 1. The van der Waals surface area contributed by atoms with Gasteiger partial charge in [-0.3, -0.25) is 9.59 Å². The van der Waals surface area contributed by atoms with Crippen LogP contribution in [-0.2, 0) is 13.0 Å². The zero-order chi connectivity index (χ0) is 17.8. The molecule has 1 aromatic heterocycles. The summed E-state index contributed by atoms with van der Waals surface area (Å²) in [7, 11) is 0. The summed E-state index contributed by atoms with van der Waals surface area (Å²) in [4.78, 5) is 34.2. The molecule has 0 unspecified atom stereocenters. The van der Waals surface area contributed by atoms with Gasteiger partial charge in [0.05, 0.1) is 5.69 Å². The molecule has 1 N–H and O–H groups in total. The fraction of sp³-hybridized carbons (Fsp3) is 0.722. The van der Waals surface area contributed by atoms with Gasteiger partial charge in [0, 0.05) is 39.3 Å². The van der Waals surface area contributed by atoms with Crippen LogP contribution in [0.5, 0.6) is 0 Å². The van der Waals surface area contributed by atoms with Crippen molar-refractivity contribution >= 4 is 11.8 Å². The van der Waals surface area contributed by atoms with E-state index in [1.807, 2.05) is 16.4 Å². The summed E-state index contributed by atoms with van der Waals surface area (Å²) < 4.78 is 1.96. The number of amides is 2. The molecule has 0 saturated carbocycles. The predicted molar refractivity (Wildman–Crippen MR) is 95.8 cm³/mol. The number of hydrogen-bond acceptors (Lipinski definition) is 4. The van der Waals surface area contributed by atoms with E-state index in [0.29, 0.717) is 18.1 Å². The lowest BCUT2D eigenvalue weighted by atomic mass is 10.1. The van der Waals surface area contributed by atoms with Crippen LogP contribution in [0.25, 0.3) is 0 Å². The maximum Gasteiger partial charge on any atom is 0.287 e. The second-order valence-electron chi connectivity index (χ2n) is 6.82. The van der Waals surface area contributed by atoms with E-state index in [-0.39, 0.29) is 11.8 Å². The Morgan fingerprint density at radius 3 is 2.52 bits per heavy atom. The van der Waals surface area contributed by atoms with E-state index < -0.39 is 0 Å². The van der Waals surface area contributed by atoms with Crippen LogP contribution < -0.4 is 5.32 Å². The van der Waals surface area contributed by atoms with E-state index in [9.17, 15) is 9.59 Å². The molecule has 0 bridgehead atoms. The lowest BCUT2D eigenvalue weighted by molar-refractivity contribution is 0.0636. The van der Waals surface area contributed by atoms with Crippen LogP contribution in [0.4, 0.5) is 0 Å². The van der Waals surface area contributed by atoms with Crippen LogP contribution >= 0.6 is 0 Å². The van der Waals surface area contributed by atoms with E-state index in [0.717, 1.165) is 70.6 Å². The van der Waals surface area contributed by atoms with E-state index in [1.54, 1.807) is 0 Å². The van der Waals surface area contributed by atoms with Crippen LogP contribution in [0.15, 0.2) is 0 Å². The van der Waals surface area contributed by atoms with E-state index in [4.69, 9.17) is 0 Å². The van der Waals surface area contributed by atoms with E-state index >= 15 is 0 Å². The number of aromatic nitrogens is 2. The zero-order valence-corrected chi connectivity index (χ0v) is 15.4. The SMILES string of the molecule is CCCNC(=O)c1nc(C(=O)N2CCN(CC)CC2)c2n1CCCC2. The first kappa shape index (κ1) is 17.9. The van der Waals surface area contributed by atoms with Crippen molar-refractivity contribution in [2.75, 3.05) is 39.3 Å². The van der Waals surface area contributed by atoms with Crippen molar-refractivity contribution in [2.45, 2.75) is 46.1 Å². The average molecular weight is 347 g/mol. The van der Waals surface area contributed by atoms with E-state index in [2.05, 4.69) is 22.1 Å². The van der Waals surface area contributed by atoms with Gasteiger partial charge in [0.1, 0.15) is 5.69 Å². The number of fused-ring (bicyclic) bond motifs is 1. The van der Waals surface area contributed by atoms with Crippen molar-refractivity contribution in [2.24, 2.45) is 0 Å². The highest BCUT2D eigenvalue weighted by molar-refractivity contribution is 5.97. The lowest BCUT2D eigenvalue weighted by Crippen LogP contribution is -2.48. The summed E-state index contributed by atoms with van der Waals surface area (Å²) in [5, 5.41) is 2.89. The molecule has 25 heavy (non-hydrogen) atoms. The summed E-state index contributed by atoms with van der Waals surface area (Å²) in [6.45, 7) is 9.86. The Morgan fingerprint density at radius 1 is 1.08 bits per heavy atom. The summed E-state index contributed by atoms with van der Waals surface area (Å²) in [5.41, 5.74) is 1.43. The van der Waals surface area contributed by atoms with Gasteiger partial charge < -0.3 is 19.7 Å². The third-order valence-electron chi connectivity index (χ3n) is 5.17. The number of nitrogens with one attached hydrogen (secondary N) is 1. The highest BCUT2D eigenvalue weighted by atomic mass is 16.2. The summed E-state index contributed by atoms with van der Waals surface area (Å²) in [6.07, 6.45) is 3.78. The maximum atomic E-state index is 13.0. The van der Waals surface area contributed by atoms with Gasteiger partial charge in [-0.1, -0.05) is 13.8 Å². The van der Waals surface area contributed by atoms with Gasteiger partial charge in [-0.25, -0.2) is 4.98 Å². The molecule has 3 rings (SSSR count). The molecule has 0 aliphatic carbocycles. The van der Waals surface area contributed by atoms with Gasteiger partial charge in [0.2, 0.25) is 0 Å². The van der Waals surface area contributed by atoms with Gasteiger partial charge in [-0.05, 0) is 32.2 Å². The number of nitrogens with zero attached hydrogens (tertiary/aromatic N) is 4. The molecule has 7 nitrogen and oxygen atoms in total. The van der Waals surface area contributed by atoms with Crippen molar-refractivity contribution in [3.05, 3.63) is 17.2 Å². The van der Waals surface area contributed by atoms with Crippen molar-refractivity contribution in [3.63, 3.8) is 0 Å². The third-order valence-corrected chi connectivity index (χ3v) is 5.17. The van der Waals surface area contributed by atoms with Crippen LogP contribution in [0, 0.1) is 0 Å². The Morgan fingerprint density at radius 2 is 1.84 bits per heavy atom. The van der Waals surface area contributed by atoms with Crippen LogP contribution in [0.2, 0.25) is 0 Å². The first-order valence-corrected chi connectivity index (χ1v) is 9.54. The molecule has 0 atom stereocenters. The van der Waals surface area contributed by atoms with Crippen LogP contribution in [-0.4, -0.2) is 70.4 Å². The van der Waals surface area contributed by atoms with Crippen molar-refractivity contribution in [1.29, 1.82) is 0 Å². The van der Waals surface area contributed by atoms with Crippen molar-refractivity contribution < 1.29 is 9.59 Å². The summed E-state index contributed by atoms with van der Waals surface area (Å²) >= 11 is 0. The zero-order valence-electron chi connectivity index (χ0n) is 15.4. The standard InChI is InChI=1S/C18H29N5O2/c1-3-8-19-17(24)16-20-15(14-7-5-6-9-23(14)16)18(25)22-12-10-21(4-2)11-13-22/h3-13H2,1-2H3,(H,19,24). The fourth-order valence-electron chi connectivity index (χ4n) is 3.62. The largest absolute Gasteiger partial charge is 0.349 e. The first-order chi connectivity index (χ1) is 12.2. The molecule has 0 aromatic carbocycles. The first-order valence-electron chi connectivity index (χ1n) is 9.54. The van der Waals surface area contributed by atoms with E-state index in [1.165, 1.54) is 0 Å². The molecule has 138 valence electrons. The van der Waals surface area contributed by atoms with Gasteiger partial charge in [-0.2, -0.15) is 0 Å². The second kappa shape index (κ2) is 7.99. The molecule has 1 aromatic rings. The highest BCUT2D eigenvalue weighted by Gasteiger charge is 2.30. The van der Waals surface area contributed by atoms with Gasteiger partial charge in [0.15, 0.2) is 5.82 Å². The smallest absolute Gasteiger partial charge is 0.287 e. The maximum absolute atomic E-state index is 13.0. The molecule has 3 heterocycles. The molecular formula is C18H29N5O2. The van der Waals surface area contributed by atoms with Crippen molar-refractivity contribution in [1.82, 2.24) is 24.7 Å². The average Bonchev–Trinajstić information content (AvgIpc) is 3.05. The molecule has 1 saturated heterocycles. The normalized spacial score (nSPS) is 18.1. The Kier molecular flexibility index (Phi) is 5.73. The number of rotatable bonds is 5. The topological polar surface area (TPSA) is 70.5 Å². The van der Waals surface area contributed by atoms with Crippen LogP contribution in [0.1, 0.15) is 59.9 Å². The summed E-state index contributed by atoms with van der Waals surface area (Å²) in [6, 6.07) is 0. The van der Waals surface area contributed by atoms with Gasteiger partial charge >= 0.3 is 0 Å². The molecule has 2 amide bonds. The fourth-order valence-corrected chi connectivity index (χ4v) is 3.62. The Hall–Kier alpha value is -1.89. The lowest BCUT2D eigenvalue weighted by Gasteiger charge is -2.33. The number of carbonyl (C=O) groups excluding carboxylic acids is 2. The Balaban J connectivity index is 1.82. The monoisotopic (exact) mass is 347 g/mol. The minimum atomic E-state index is -0.167. The Labute approximate surface area is 149 Å². The quantitative estimate of drug-likeness (QED) is 0.867. The number of imidazole rings is 1. The molecule has 0 radical (unpaired) electrons. The van der Waals surface area contributed by atoms with Crippen LogP contribution in [0.3, 0.4) is 0 Å². The van der Waals surface area contributed by atoms with Gasteiger partial charge in [0.25, 0.3) is 11.8 Å². The second-order valence-corrected chi connectivity index (χ2v) is 6.82.